The molecule has 0 aromatic heterocycles. The van der Waals surface area contributed by atoms with E-state index in [0.29, 0.717) is 0 Å². The number of amides is 2. The van der Waals surface area contributed by atoms with E-state index in [-0.39, 0.29) is 41.3 Å². The number of likely N-dealkylation sites (tertiary alicyclic amines) is 1. The molecule has 0 spiro atoms. The molecular weight excluding hydrogens is 461 g/mol. The SMILES string of the molecule is CC(C)C(C(=O)OC(CCl)CCl)N1C(=O)C2C3c4ccccc4C(c4ccccc43)C2C1=O. The third-order valence-electron chi connectivity index (χ3n) is 7.26. The van der Waals surface area contributed by atoms with E-state index in [9.17, 15) is 14.4 Å². The maximum Gasteiger partial charge on any atom is 0.329 e. The minimum atomic E-state index is -1.02. The Balaban J connectivity index is 1.59. The first-order valence-corrected chi connectivity index (χ1v) is 12.3. The molecule has 2 amide bonds. The second-order valence-corrected chi connectivity index (χ2v) is 9.98. The van der Waals surface area contributed by atoms with Gasteiger partial charge in [0.05, 0.1) is 23.6 Å². The van der Waals surface area contributed by atoms with Crippen molar-refractivity contribution in [1.29, 1.82) is 0 Å². The molecule has 0 N–H and O–H groups in total. The Bertz CT molecular complexity index is 1010. The van der Waals surface area contributed by atoms with Crippen LogP contribution in [0, 0.1) is 17.8 Å². The number of benzene rings is 2. The van der Waals surface area contributed by atoms with Crippen LogP contribution in [0.25, 0.3) is 0 Å². The van der Waals surface area contributed by atoms with Gasteiger partial charge in [-0.3, -0.25) is 14.5 Å². The van der Waals surface area contributed by atoms with Crippen LogP contribution < -0.4 is 0 Å². The largest absolute Gasteiger partial charge is 0.458 e. The number of halogens is 2. The van der Waals surface area contributed by atoms with Crippen molar-refractivity contribution < 1.29 is 19.1 Å². The van der Waals surface area contributed by atoms with Crippen molar-refractivity contribution in [2.24, 2.45) is 17.8 Å². The summed E-state index contributed by atoms with van der Waals surface area (Å²) in [6, 6.07) is 15.1. The van der Waals surface area contributed by atoms with Gasteiger partial charge in [0, 0.05) is 11.8 Å². The fraction of sp³-hybridized carbons (Fsp3) is 0.423. The van der Waals surface area contributed by atoms with E-state index < -0.39 is 30.0 Å². The highest BCUT2D eigenvalue weighted by Crippen LogP contribution is 2.61. The summed E-state index contributed by atoms with van der Waals surface area (Å²) in [5.41, 5.74) is 4.38. The van der Waals surface area contributed by atoms with Crippen molar-refractivity contribution in [2.45, 2.75) is 37.8 Å². The summed E-state index contributed by atoms with van der Waals surface area (Å²) in [6.45, 7) is 3.62. The molecule has 5 nitrogen and oxygen atoms in total. The number of alkyl halides is 2. The Labute approximate surface area is 203 Å². The molecule has 2 bridgehead atoms. The summed E-state index contributed by atoms with van der Waals surface area (Å²) in [6.07, 6.45) is -0.679. The van der Waals surface area contributed by atoms with Crippen molar-refractivity contribution in [1.82, 2.24) is 4.90 Å². The Morgan fingerprint density at radius 2 is 1.24 bits per heavy atom. The van der Waals surface area contributed by atoms with Crippen molar-refractivity contribution in [3.05, 3.63) is 70.8 Å². The predicted molar refractivity (Wildman–Crippen MR) is 125 cm³/mol. The number of hydrogen-bond donors (Lipinski definition) is 0. The van der Waals surface area contributed by atoms with Gasteiger partial charge in [-0.25, -0.2) is 4.79 Å². The Morgan fingerprint density at radius 3 is 1.58 bits per heavy atom. The summed E-state index contributed by atoms with van der Waals surface area (Å²) in [5, 5.41) is 0. The van der Waals surface area contributed by atoms with Crippen LogP contribution in [0.4, 0.5) is 0 Å². The third kappa shape index (κ3) is 3.23. The zero-order chi connectivity index (χ0) is 23.4. The van der Waals surface area contributed by atoms with Gasteiger partial charge in [0.1, 0.15) is 12.1 Å². The van der Waals surface area contributed by atoms with Crippen LogP contribution in [0.5, 0.6) is 0 Å². The van der Waals surface area contributed by atoms with Gasteiger partial charge in [-0.1, -0.05) is 62.4 Å². The Morgan fingerprint density at radius 1 is 0.848 bits per heavy atom. The molecule has 2 aromatic carbocycles. The highest BCUT2D eigenvalue weighted by molar-refractivity contribution is 6.21. The maximum atomic E-state index is 13.9. The van der Waals surface area contributed by atoms with Gasteiger partial charge in [0.25, 0.3) is 0 Å². The number of carbonyl (C=O) groups is 3. The summed E-state index contributed by atoms with van der Waals surface area (Å²) in [7, 11) is 0. The average molecular weight is 486 g/mol. The summed E-state index contributed by atoms with van der Waals surface area (Å²) >= 11 is 11.7. The second kappa shape index (κ2) is 8.44. The molecule has 1 fully saturated rings. The van der Waals surface area contributed by atoms with Crippen LogP contribution in [0.1, 0.15) is 47.9 Å². The molecule has 7 heteroatoms. The third-order valence-corrected chi connectivity index (χ3v) is 7.95. The molecule has 6 rings (SSSR count). The van der Waals surface area contributed by atoms with E-state index in [4.69, 9.17) is 27.9 Å². The van der Waals surface area contributed by atoms with E-state index in [0.717, 1.165) is 22.3 Å². The van der Waals surface area contributed by atoms with Crippen molar-refractivity contribution >= 4 is 41.0 Å². The molecular formula is C26H25Cl2NO4. The van der Waals surface area contributed by atoms with Gasteiger partial charge < -0.3 is 4.74 Å². The van der Waals surface area contributed by atoms with Gasteiger partial charge in [-0.2, -0.15) is 0 Å². The van der Waals surface area contributed by atoms with Crippen molar-refractivity contribution in [2.75, 3.05) is 11.8 Å². The van der Waals surface area contributed by atoms with E-state index in [1.54, 1.807) is 0 Å². The molecule has 1 saturated heterocycles. The van der Waals surface area contributed by atoms with E-state index in [1.807, 2.05) is 38.1 Å². The number of imide groups is 1. The molecule has 0 radical (unpaired) electrons. The minimum absolute atomic E-state index is 0.0436. The standard InChI is InChI=1S/C26H25Cl2NO4/c1-13(2)23(26(32)33-14(11-27)12-28)29-24(30)21-19-15-7-3-4-8-16(15)20(22(21)25(29)31)18-10-6-5-9-17(18)19/h3-10,13-14,19-23H,11-12H2,1-2H3. The Kier molecular flexibility index (Phi) is 5.74. The number of nitrogens with zero attached hydrogens (tertiary/aromatic N) is 1. The highest BCUT2D eigenvalue weighted by Gasteiger charge is 2.63. The first-order valence-electron chi connectivity index (χ1n) is 11.3. The fourth-order valence-corrected chi connectivity index (χ4v) is 6.44. The van der Waals surface area contributed by atoms with Crippen LogP contribution in [-0.4, -0.2) is 46.6 Å². The molecule has 0 saturated carbocycles. The second-order valence-electron chi connectivity index (χ2n) is 9.37. The van der Waals surface area contributed by atoms with Gasteiger partial charge in [0.2, 0.25) is 11.8 Å². The number of hydrogen-bond acceptors (Lipinski definition) is 4. The normalized spacial score (nSPS) is 25.8. The summed E-state index contributed by atoms with van der Waals surface area (Å²) in [4.78, 5) is 42.1. The lowest BCUT2D eigenvalue weighted by Crippen LogP contribution is -2.50. The van der Waals surface area contributed by atoms with Crippen molar-refractivity contribution in [3.8, 4) is 0 Å². The minimum Gasteiger partial charge on any atom is -0.458 e. The van der Waals surface area contributed by atoms with Crippen molar-refractivity contribution in [3.63, 3.8) is 0 Å². The van der Waals surface area contributed by atoms with E-state index in [2.05, 4.69) is 24.3 Å². The van der Waals surface area contributed by atoms with Crippen LogP contribution >= 0.6 is 23.2 Å². The topological polar surface area (TPSA) is 63.7 Å². The number of ether oxygens (including phenoxy) is 1. The molecule has 172 valence electrons. The van der Waals surface area contributed by atoms with Gasteiger partial charge >= 0.3 is 5.97 Å². The summed E-state index contributed by atoms with van der Waals surface area (Å²) in [5.74, 6) is -2.95. The zero-order valence-corrected chi connectivity index (χ0v) is 19.9. The van der Waals surface area contributed by atoms with Gasteiger partial charge in [0.15, 0.2) is 0 Å². The quantitative estimate of drug-likeness (QED) is 0.347. The van der Waals surface area contributed by atoms with E-state index in [1.165, 1.54) is 4.90 Å². The molecule has 1 heterocycles. The molecule has 3 unspecified atom stereocenters. The molecule has 4 aliphatic rings. The van der Waals surface area contributed by atoms with Gasteiger partial charge in [-0.05, 0) is 28.2 Å². The number of rotatable bonds is 6. The van der Waals surface area contributed by atoms with Gasteiger partial charge in [-0.15, -0.1) is 23.2 Å². The number of carbonyl (C=O) groups excluding carboxylic acids is 3. The monoisotopic (exact) mass is 485 g/mol. The highest BCUT2D eigenvalue weighted by atomic mass is 35.5. The first kappa shape index (κ1) is 22.4. The van der Waals surface area contributed by atoms with Crippen LogP contribution in [-0.2, 0) is 19.1 Å². The first-order chi connectivity index (χ1) is 15.9. The van der Waals surface area contributed by atoms with Crippen LogP contribution in [0.2, 0.25) is 0 Å². The average Bonchev–Trinajstić information content (AvgIpc) is 3.08. The molecule has 2 aromatic rings. The molecule has 1 aliphatic heterocycles. The fourth-order valence-electron chi connectivity index (χ4n) is 5.99. The van der Waals surface area contributed by atoms with Crippen LogP contribution in [0.15, 0.2) is 48.5 Å². The van der Waals surface area contributed by atoms with Crippen LogP contribution in [0.3, 0.4) is 0 Å². The Hall–Kier alpha value is -2.37. The lowest BCUT2D eigenvalue weighted by atomic mass is 9.55. The smallest absolute Gasteiger partial charge is 0.329 e. The van der Waals surface area contributed by atoms with E-state index >= 15 is 0 Å². The molecule has 33 heavy (non-hydrogen) atoms. The maximum absolute atomic E-state index is 13.9. The lowest BCUT2D eigenvalue weighted by Gasteiger charge is -2.45. The zero-order valence-electron chi connectivity index (χ0n) is 18.4. The molecule has 3 atom stereocenters. The summed E-state index contributed by atoms with van der Waals surface area (Å²) < 4.78 is 5.48. The predicted octanol–water partition coefficient (Wildman–Crippen LogP) is 4.29. The molecule has 3 aliphatic carbocycles. The lowest BCUT2D eigenvalue weighted by molar-refractivity contribution is -0.163. The number of esters is 1.